The molecule has 0 saturated carbocycles. The summed E-state index contributed by atoms with van der Waals surface area (Å²) in [6.45, 7) is 25.6. The number of hydrogen-bond donors (Lipinski definition) is 0. The molecule has 0 amide bonds. The van der Waals surface area contributed by atoms with E-state index >= 15 is 0 Å². The third kappa shape index (κ3) is 12.5. The second-order valence-electron chi connectivity index (χ2n) is 14.7. The molecule has 0 heterocycles. The van der Waals surface area contributed by atoms with E-state index in [4.69, 9.17) is 0 Å². The molecule has 0 nitrogen and oxygen atoms in total. The summed E-state index contributed by atoms with van der Waals surface area (Å²) in [7, 11) is 0. The standard InChI is InChI=1S/C12H22.C11H20.C10H18/c1-11(2,3)10-6-8-12(4,5)9-7-10;1-11(2,3)10-8-6-4-5-7-9-10;1-10(2,3)9-7-5-4-6-8-9/h6H,7-9H2,1-5H3;8H,4-7,9H2,1-3H3;7H,4-6,8H2,1-3H3. The SMILES string of the molecule is CC(C)(C)C1=CCCCC1.CC(C)(C)C1=CCCCCC1.CC1(C)CC=C(C(C)(C)C)CC1. The summed E-state index contributed by atoms with van der Waals surface area (Å²) in [5.41, 5.74) is 6.80. The van der Waals surface area contributed by atoms with Gasteiger partial charge in [-0.25, -0.2) is 0 Å². The molecule has 0 atom stereocenters. The molecular weight excluding hydrogens is 396 g/mol. The summed E-state index contributed by atoms with van der Waals surface area (Å²) in [6.07, 6.45) is 23.6. The van der Waals surface area contributed by atoms with Crippen LogP contribution >= 0.6 is 0 Å². The van der Waals surface area contributed by atoms with Crippen molar-refractivity contribution >= 4 is 0 Å². The van der Waals surface area contributed by atoms with E-state index < -0.39 is 0 Å². The first-order valence-electron chi connectivity index (χ1n) is 14.1. The Labute approximate surface area is 209 Å². The summed E-state index contributed by atoms with van der Waals surface area (Å²) in [5, 5.41) is 0. The van der Waals surface area contributed by atoms with Gasteiger partial charge in [-0.1, -0.05) is 118 Å². The summed E-state index contributed by atoms with van der Waals surface area (Å²) in [4.78, 5) is 0. The molecule has 0 aromatic carbocycles. The predicted octanol–water partition coefficient (Wildman–Crippen LogP) is 11.6. The highest BCUT2D eigenvalue weighted by atomic mass is 14.3. The van der Waals surface area contributed by atoms with Crippen molar-refractivity contribution in [3.05, 3.63) is 34.9 Å². The Morgan fingerprint density at radius 1 is 0.515 bits per heavy atom. The van der Waals surface area contributed by atoms with Gasteiger partial charge >= 0.3 is 0 Å². The molecule has 0 bridgehead atoms. The first kappa shape index (κ1) is 30.3. The third-order valence-corrected chi connectivity index (χ3v) is 7.69. The first-order valence-corrected chi connectivity index (χ1v) is 14.1. The fraction of sp³-hybridized carbons (Fsp3) is 0.818. The molecule has 33 heavy (non-hydrogen) atoms. The Morgan fingerprint density at radius 2 is 0.909 bits per heavy atom. The highest BCUT2D eigenvalue weighted by molar-refractivity contribution is 5.15. The lowest BCUT2D eigenvalue weighted by Gasteiger charge is -2.33. The molecule has 0 aromatic rings. The van der Waals surface area contributed by atoms with Crippen LogP contribution in [0.5, 0.6) is 0 Å². The molecule has 3 aliphatic rings. The van der Waals surface area contributed by atoms with E-state index in [1.165, 1.54) is 77.0 Å². The van der Waals surface area contributed by atoms with Gasteiger partial charge in [-0.3, -0.25) is 0 Å². The van der Waals surface area contributed by atoms with Crippen LogP contribution < -0.4 is 0 Å². The minimum atomic E-state index is 0.399. The zero-order chi connectivity index (χ0) is 25.3. The van der Waals surface area contributed by atoms with Crippen LogP contribution in [-0.4, -0.2) is 0 Å². The Bertz CT molecular complexity index is 658. The van der Waals surface area contributed by atoms with Crippen LogP contribution in [0.25, 0.3) is 0 Å². The molecule has 0 saturated heterocycles. The van der Waals surface area contributed by atoms with Gasteiger partial charge in [0.1, 0.15) is 0 Å². The summed E-state index contributed by atoms with van der Waals surface area (Å²) in [6, 6.07) is 0. The van der Waals surface area contributed by atoms with Gasteiger partial charge in [-0.15, -0.1) is 0 Å². The zero-order valence-corrected chi connectivity index (χ0v) is 24.7. The summed E-state index contributed by atoms with van der Waals surface area (Å²) >= 11 is 0. The molecule has 0 fully saturated rings. The Kier molecular flexibility index (Phi) is 11.7. The lowest BCUT2D eigenvalue weighted by atomic mass is 9.72. The van der Waals surface area contributed by atoms with Gasteiger partial charge in [0, 0.05) is 0 Å². The van der Waals surface area contributed by atoms with Crippen molar-refractivity contribution in [2.45, 2.75) is 153 Å². The predicted molar refractivity (Wildman–Crippen MR) is 152 cm³/mol. The molecular formula is C33H60. The summed E-state index contributed by atoms with van der Waals surface area (Å²) in [5.74, 6) is 0. The third-order valence-electron chi connectivity index (χ3n) is 7.69. The van der Waals surface area contributed by atoms with Crippen molar-refractivity contribution in [1.29, 1.82) is 0 Å². The molecule has 0 spiro atoms. The van der Waals surface area contributed by atoms with Crippen molar-refractivity contribution in [3.8, 4) is 0 Å². The van der Waals surface area contributed by atoms with Crippen molar-refractivity contribution in [1.82, 2.24) is 0 Å². The van der Waals surface area contributed by atoms with Gasteiger partial charge in [0.25, 0.3) is 0 Å². The molecule has 0 heteroatoms. The zero-order valence-electron chi connectivity index (χ0n) is 24.7. The average molecular weight is 457 g/mol. The van der Waals surface area contributed by atoms with E-state index in [2.05, 4.69) is 94.4 Å². The van der Waals surface area contributed by atoms with Crippen LogP contribution in [0.1, 0.15) is 153 Å². The van der Waals surface area contributed by atoms with Crippen molar-refractivity contribution in [3.63, 3.8) is 0 Å². The lowest BCUT2D eigenvalue weighted by molar-refractivity contribution is 0.303. The number of rotatable bonds is 0. The highest BCUT2D eigenvalue weighted by Gasteiger charge is 2.26. The Hall–Kier alpha value is -0.780. The second kappa shape index (κ2) is 12.8. The first-order chi connectivity index (χ1) is 15.0. The van der Waals surface area contributed by atoms with E-state index in [9.17, 15) is 0 Å². The van der Waals surface area contributed by atoms with Crippen LogP contribution in [0.4, 0.5) is 0 Å². The molecule has 0 N–H and O–H groups in total. The molecule has 3 rings (SSSR count). The molecule has 0 aromatic heterocycles. The van der Waals surface area contributed by atoms with E-state index in [0.717, 1.165) is 0 Å². The molecule has 0 unspecified atom stereocenters. The summed E-state index contributed by atoms with van der Waals surface area (Å²) < 4.78 is 0. The molecule has 0 radical (unpaired) electrons. The van der Waals surface area contributed by atoms with Gasteiger partial charge in [-0.2, -0.15) is 0 Å². The van der Waals surface area contributed by atoms with E-state index in [1.54, 1.807) is 16.7 Å². The molecule has 0 aliphatic heterocycles. The van der Waals surface area contributed by atoms with E-state index in [1.807, 2.05) is 0 Å². The van der Waals surface area contributed by atoms with Crippen LogP contribution in [0.15, 0.2) is 34.9 Å². The smallest absolute Gasteiger partial charge is 0.0173 e. The maximum absolute atomic E-state index is 2.47. The fourth-order valence-electron chi connectivity index (χ4n) is 4.97. The Morgan fingerprint density at radius 3 is 1.30 bits per heavy atom. The normalized spacial score (nSPS) is 21.7. The van der Waals surface area contributed by atoms with Crippen molar-refractivity contribution in [2.24, 2.45) is 21.7 Å². The largest absolute Gasteiger partial charge is 0.0848 e. The topological polar surface area (TPSA) is 0 Å². The quantitative estimate of drug-likeness (QED) is 0.318. The van der Waals surface area contributed by atoms with Crippen LogP contribution in [0, 0.1) is 21.7 Å². The van der Waals surface area contributed by atoms with Gasteiger partial charge in [0.05, 0.1) is 0 Å². The number of allylic oxidation sites excluding steroid dienone is 6. The van der Waals surface area contributed by atoms with Gasteiger partial charge < -0.3 is 0 Å². The van der Waals surface area contributed by atoms with Crippen molar-refractivity contribution in [2.75, 3.05) is 0 Å². The van der Waals surface area contributed by atoms with Crippen LogP contribution in [0.2, 0.25) is 0 Å². The van der Waals surface area contributed by atoms with Gasteiger partial charge in [0.15, 0.2) is 0 Å². The lowest BCUT2D eigenvalue weighted by Crippen LogP contribution is -2.20. The minimum absolute atomic E-state index is 0.399. The van der Waals surface area contributed by atoms with Gasteiger partial charge in [0.2, 0.25) is 0 Å². The monoisotopic (exact) mass is 456 g/mol. The van der Waals surface area contributed by atoms with Crippen LogP contribution in [-0.2, 0) is 0 Å². The average Bonchev–Trinajstić information content (AvgIpc) is 2.98. The van der Waals surface area contributed by atoms with Gasteiger partial charge in [-0.05, 0) is 92.3 Å². The second-order valence-corrected chi connectivity index (χ2v) is 14.7. The van der Waals surface area contributed by atoms with E-state index in [-0.39, 0.29) is 0 Å². The molecule has 3 aliphatic carbocycles. The van der Waals surface area contributed by atoms with Crippen LogP contribution in [0.3, 0.4) is 0 Å². The Balaban J connectivity index is 0.000000249. The highest BCUT2D eigenvalue weighted by Crippen LogP contribution is 2.40. The number of hydrogen-bond acceptors (Lipinski definition) is 0. The van der Waals surface area contributed by atoms with Crippen molar-refractivity contribution < 1.29 is 0 Å². The fourth-order valence-corrected chi connectivity index (χ4v) is 4.97. The van der Waals surface area contributed by atoms with E-state index in [0.29, 0.717) is 21.7 Å². The maximum atomic E-state index is 2.47. The maximum Gasteiger partial charge on any atom is -0.0173 e. The minimum Gasteiger partial charge on any atom is -0.0848 e. The molecule has 192 valence electrons.